The first-order chi connectivity index (χ1) is 15.2. The van der Waals surface area contributed by atoms with Gasteiger partial charge in [-0.15, -0.1) is 0 Å². The van der Waals surface area contributed by atoms with Crippen LogP contribution >= 0.6 is 11.9 Å². The molecular formula is C20H24N4O6S2. The molecule has 0 aliphatic rings. The Hall–Kier alpha value is -3.25. The molecule has 2 aromatic carbocycles. The van der Waals surface area contributed by atoms with E-state index in [1.165, 1.54) is 48.3 Å². The molecule has 0 saturated carbocycles. The van der Waals surface area contributed by atoms with Crippen LogP contribution in [0.4, 0.5) is 15.3 Å². The summed E-state index contributed by atoms with van der Waals surface area (Å²) in [5.74, 6) is 0.0461. The van der Waals surface area contributed by atoms with Crippen LogP contribution in [0.5, 0.6) is 0 Å². The highest BCUT2D eigenvalue weighted by Gasteiger charge is 2.18. The zero-order valence-electron chi connectivity index (χ0n) is 17.3. The van der Waals surface area contributed by atoms with E-state index in [9.17, 15) is 22.8 Å². The van der Waals surface area contributed by atoms with E-state index in [0.717, 1.165) is 5.56 Å². The molecule has 0 atom stereocenters. The molecule has 2 rings (SSSR count). The number of esters is 1. The van der Waals surface area contributed by atoms with E-state index in [-0.39, 0.29) is 22.8 Å². The van der Waals surface area contributed by atoms with Crippen molar-refractivity contribution >= 4 is 45.7 Å². The predicted octanol–water partition coefficient (Wildman–Crippen LogP) is 2.76. The molecule has 0 aliphatic carbocycles. The maximum atomic E-state index is 12.3. The molecule has 4 amide bonds. The molecular weight excluding hydrogens is 456 g/mol. The van der Waals surface area contributed by atoms with Gasteiger partial charge in [0.25, 0.3) is 10.0 Å². The van der Waals surface area contributed by atoms with Crippen molar-refractivity contribution in [1.29, 1.82) is 0 Å². The third-order valence-corrected chi connectivity index (χ3v) is 6.15. The quantitative estimate of drug-likeness (QED) is 0.231. The van der Waals surface area contributed by atoms with E-state index in [0.29, 0.717) is 18.6 Å². The molecule has 0 unspecified atom stereocenters. The predicted molar refractivity (Wildman–Crippen MR) is 122 cm³/mol. The summed E-state index contributed by atoms with van der Waals surface area (Å²) in [6.07, 6.45) is 1.30. The molecule has 0 saturated heterocycles. The van der Waals surface area contributed by atoms with E-state index in [1.807, 2.05) is 11.6 Å². The van der Waals surface area contributed by atoms with E-state index in [1.54, 1.807) is 12.1 Å². The van der Waals surface area contributed by atoms with E-state index < -0.39 is 28.1 Å². The van der Waals surface area contributed by atoms with E-state index >= 15 is 0 Å². The van der Waals surface area contributed by atoms with Gasteiger partial charge >= 0.3 is 18.0 Å². The van der Waals surface area contributed by atoms with Crippen LogP contribution in [0.3, 0.4) is 0 Å². The average molecular weight is 481 g/mol. The molecule has 0 fully saturated rings. The molecule has 12 heteroatoms. The van der Waals surface area contributed by atoms with Gasteiger partial charge in [0.05, 0.1) is 17.1 Å². The Morgan fingerprint density at radius 3 is 2.47 bits per heavy atom. The van der Waals surface area contributed by atoms with Crippen LogP contribution in [0.1, 0.15) is 28.8 Å². The van der Waals surface area contributed by atoms with Gasteiger partial charge in [-0.25, -0.2) is 27.5 Å². The lowest BCUT2D eigenvalue weighted by Crippen LogP contribution is -2.34. The number of unbranched alkanes of at least 4 members (excludes halogenated alkanes) is 1. The molecule has 0 radical (unpaired) electrons. The first-order valence-corrected chi connectivity index (χ1v) is 12.0. The van der Waals surface area contributed by atoms with Crippen molar-refractivity contribution in [2.75, 3.05) is 17.7 Å². The maximum absolute atomic E-state index is 12.3. The summed E-state index contributed by atoms with van der Waals surface area (Å²) in [7, 11) is -4.03. The number of carbonyl (C=O) groups excluding carboxylic acids is 3. The summed E-state index contributed by atoms with van der Waals surface area (Å²) < 4.78 is 34.1. The summed E-state index contributed by atoms with van der Waals surface area (Å²) >= 11 is 1.17. The van der Waals surface area contributed by atoms with Gasteiger partial charge in [-0.1, -0.05) is 23.8 Å². The Balaban J connectivity index is 1.84. The standard InChI is InChI=1S/C20H24N4O6S2/c1-14-7-9-17(10-8-14)32(28,29)24-20(27)22-16-6-4-5-15(13-16)18(25)30-11-2-3-12-31-23-19(21)26/h4-10,13H,2-3,11-12H2,1H3,(H3,21,23,26)(H2,22,24,27). The van der Waals surface area contributed by atoms with Crippen molar-refractivity contribution in [3.63, 3.8) is 0 Å². The summed E-state index contributed by atoms with van der Waals surface area (Å²) in [6, 6.07) is 10.4. The SMILES string of the molecule is Cc1ccc(S(=O)(=O)NC(=O)Nc2cccc(C(=O)OCCCCSNC(N)=O)c2)cc1. The number of hydrogen-bond acceptors (Lipinski definition) is 7. The highest BCUT2D eigenvalue weighted by molar-refractivity contribution is 7.97. The zero-order chi connectivity index (χ0) is 23.6. The fraction of sp³-hybridized carbons (Fsp3) is 0.250. The number of anilines is 1. The van der Waals surface area contributed by atoms with Crippen LogP contribution < -0.4 is 20.5 Å². The second-order valence-electron chi connectivity index (χ2n) is 6.61. The first-order valence-electron chi connectivity index (χ1n) is 9.52. The Labute approximate surface area is 190 Å². The van der Waals surface area contributed by atoms with Gasteiger partial charge < -0.3 is 15.8 Å². The molecule has 10 nitrogen and oxygen atoms in total. The van der Waals surface area contributed by atoms with Gasteiger partial charge in [0, 0.05) is 11.4 Å². The lowest BCUT2D eigenvalue weighted by atomic mass is 10.2. The van der Waals surface area contributed by atoms with Crippen LogP contribution in [0.25, 0.3) is 0 Å². The summed E-state index contributed by atoms with van der Waals surface area (Å²) in [5, 5.41) is 2.39. The molecule has 0 heterocycles. The second kappa shape index (κ2) is 12.0. The molecule has 0 spiro atoms. The molecule has 5 N–H and O–H groups in total. The number of amides is 4. The summed E-state index contributed by atoms with van der Waals surface area (Å²) in [5.41, 5.74) is 6.26. The molecule has 2 aromatic rings. The first kappa shape index (κ1) is 25.0. The number of carbonyl (C=O) groups is 3. The van der Waals surface area contributed by atoms with Crippen molar-refractivity contribution in [2.24, 2.45) is 5.73 Å². The van der Waals surface area contributed by atoms with Gasteiger partial charge in [0.15, 0.2) is 0 Å². The van der Waals surface area contributed by atoms with Crippen LogP contribution in [-0.2, 0) is 14.8 Å². The Morgan fingerprint density at radius 2 is 1.78 bits per heavy atom. The van der Waals surface area contributed by atoms with Crippen LogP contribution in [0.15, 0.2) is 53.4 Å². The smallest absolute Gasteiger partial charge is 0.338 e. The van der Waals surface area contributed by atoms with Crippen molar-refractivity contribution in [1.82, 2.24) is 9.44 Å². The van der Waals surface area contributed by atoms with Crippen molar-refractivity contribution in [3.05, 3.63) is 59.7 Å². The Morgan fingerprint density at radius 1 is 1.06 bits per heavy atom. The Bertz CT molecular complexity index is 1060. The number of hydrogen-bond donors (Lipinski definition) is 4. The second-order valence-corrected chi connectivity index (χ2v) is 9.19. The summed E-state index contributed by atoms with van der Waals surface area (Å²) in [4.78, 5) is 34.8. The minimum atomic E-state index is -4.03. The topological polar surface area (TPSA) is 157 Å². The number of ether oxygens (including phenoxy) is 1. The summed E-state index contributed by atoms with van der Waals surface area (Å²) in [6.45, 7) is 2.00. The molecule has 0 bridgehead atoms. The number of primary amides is 1. The molecule has 0 aromatic heterocycles. The van der Waals surface area contributed by atoms with E-state index in [4.69, 9.17) is 10.5 Å². The molecule has 172 valence electrons. The van der Waals surface area contributed by atoms with Crippen LogP contribution in [-0.4, -0.2) is 38.8 Å². The van der Waals surface area contributed by atoms with Gasteiger partial charge in [-0.05, 0) is 62.0 Å². The van der Waals surface area contributed by atoms with Crippen molar-refractivity contribution in [3.8, 4) is 0 Å². The minimum absolute atomic E-state index is 0.0422. The third-order valence-electron chi connectivity index (χ3n) is 3.96. The monoisotopic (exact) mass is 480 g/mol. The van der Waals surface area contributed by atoms with Gasteiger partial charge in [-0.3, -0.25) is 4.72 Å². The Kier molecular flexibility index (Phi) is 9.35. The zero-order valence-corrected chi connectivity index (χ0v) is 18.9. The minimum Gasteiger partial charge on any atom is -0.462 e. The fourth-order valence-corrected chi connectivity index (χ4v) is 3.93. The lowest BCUT2D eigenvalue weighted by Gasteiger charge is -2.10. The van der Waals surface area contributed by atoms with E-state index in [2.05, 4.69) is 10.0 Å². The number of benzene rings is 2. The third kappa shape index (κ3) is 8.47. The van der Waals surface area contributed by atoms with Crippen molar-refractivity contribution < 1.29 is 27.5 Å². The number of nitrogens with one attached hydrogen (secondary N) is 3. The van der Waals surface area contributed by atoms with Crippen LogP contribution in [0.2, 0.25) is 0 Å². The largest absolute Gasteiger partial charge is 0.462 e. The van der Waals surface area contributed by atoms with Crippen LogP contribution in [0, 0.1) is 6.92 Å². The molecule has 0 aliphatic heterocycles. The van der Waals surface area contributed by atoms with Gasteiger partial charge in [-0.2, -0.15) is 0 Å². The normalized spacial score (nSPS) is 10.8. The number of rotatable bonds is 10. The van der Waals surface area contributed by atoms with Gasteiger partial charge in [0.2, 0.25) is 0 Å². The number of aryl methyl sites for hydroxylation is 1. The fourth-order valence-electron chi connectivity index (χ4n) is 2.43. The van der Waals surface area contributed by atoms with Crippen molar-refractivity contribution in [2.45, 2.75) is 24.7 Å². The highest BCUT2D eigenvalue weighted by atomic mass is 32.2. The molecule has 32 heavy (non-hydrogen) atoms. The average Bonchev–Trinajstić information content (AvgIpc) is 2.72. The number of nitrogens with two attached hydrogens (primary N) is 1. The maximum Gasteiger partial charge on any atom is 0.338 e. The highest BCUT2D eigenvalue weighted by Crippen LogP contribution is 2.14. The number of urea groups is 2. The van der Waals surface area contributed by atoms with Gasteiger partial charge in [0.1, 0.15) is 0 Å². The number of sulfonamides is 1. The lowest BCUT2D eigenvalue weighted by molar-refractivity contribution is 0.0500.